The van der Waals surface area contributed by atoms with Crippen LogP contribution >= 0.6 is 11.6 Å². The summed E-state index contributed by atoms with van der Waals surface area (Å²) in [7, 11) is 1.63. The van der Waals surface area contributed by atoms with Gasteiger partial charge in [-0.25, -0.2) is 13.9 Å². The van der Waals surface area contributed by atoms with Crippen molar-refractivity contribution in [3.8, 4) is 0 Å². The Bertz CT molecular complexity index is 727. The molecule has 1 aliphatic carbocycles. The van der Waals surface area contributed by atoms with Gasteiger partial charge in [-0.2, -0.15) is 5.10 Å². The first kappa shape index (κ1) is 16.2. The zero-order valence-electron chi connectivity index (χ0n) is 13.3. The van der Waals surface area contributed by atoms with Crippen LogP contribution in [0, 0.1) is 11.7 Å². The van der Waals surface area contributed by atoms with Gasteiger partial charge in [-0.3, -0.25) is 4.57 Å². The zero-order valence-corrected chi connectivity index (χ0v) is 14.0. The molecule has 0 N–H and O–H groups in total. The summed E-state index contributed by atoms with van der Waals surface area (Å²) in [5, 5.41) is 4.66. The molecule has 0 aliphatic heterocycles. The predicted molar refractivity (Wildman–Crippen MR) is 88.3 cm³/mol. The van der Waals surface area contributed by atoms with Crippen LogP contribution in [0.2, 0.25) is 5.02 Å². The van der Waals surface area contributed by atoms with Crippen LogP contribution in [0.3, 0.4) is 0 Å². The summed E-state index contributed by atoms with van der Waals surface area (Å²) < 4.78 is 17.0. The molecule has 3 rings (SSSR count). The van der Waals surface area contributed by atoms with Gasteiger partial charge in [0.2, 0.25) is 0 Å². The van der Waals surface area contributed by atoms with E-state index in [1.54, 1.807) is 23.7 Å². The van der Waals surface area contributed by atoms with Crippen molar-refractivity contribution in [1.82, 2.24) is 14.3 Å². The van der Waals surface area contributed by atoms with Crippen molar-refractivity contribution in [2.45, 2.75) is 45.1 Å². The number of aromatic nitrogens is 3. The third-order valence-corrected chi connectivity index (χ3v) is 5.00. The highest BCUT2D eigenvalue weighted by Gasteiger charge is 2.20. The molecule has 0 amide bonds. The average molecular weight is 338 g/mol. The first-order valence-corrected chi connectivity index (χ1v) is 8.49. The van der Waals surface area contributed by atoms with Gasteiger partial charge >= 0.3 is 5.69 Å². The second kappa shape index (κ2) is 6.87. The SMILES string of the molecule is Cn1nc(Cc2c(F)cccc2Cl)n(CC2CCCCC2)c1=O. The lowest BCUT2D eigenvalue weighted by atomic mass is 9.89. The lowest BCUT2D eigenvalue weighted by molar-refractivity contribution is 0.313. The molecule has 0 radical (unpaired) electrons. The first-order chi connectivity index (χ1) is 11.1. The highest BCUT2D eigenvalue weighted by atomic mass is 35.5. The molecule has 1 heterocycles. The Morgan fingerprint density at radius 1 is 1.30 bits per heavy atom. The van der Waals surface area contributed by atoms with Crippen molar-refractivity contribution < 1.29 is 4.39 Å². The maximum Gasteiger partial charge on any atom is 0.345 e. The van der Waals surface area contributed by atoms with Crippen LogP contribution in [0.5, 0.6) is 0 Å². The van der Waals surface area contributed by atoms with E-state index in [1.807, 2.05) is 0 Å². The molecule has 124 valence electrons. The Balaban J connectivity index is 1.90. The lowest BCUT2D eigenvalue weighted by Crippen LogP contribution is -2.27. The summed E-state index contributed by atoms with van der Waals surface area (Å²) >= 11 is 6.11. The van der Waals surface area contributed by atoms with E-state index < -0.39 is 0 Å². The van der Waals surface area contributed by atoms with E-state index in [9.17, 15) is 9.18 Å². The van der Waals surface area contributed by atoms with E-state index in [1.165, 1.54) is 30.0 Å². The summed E-state index contributed by atoms with van der Waals surface area (Å²) in [4.78, 5) is 12.4. The van der Waals surface area contributed by atoms with E-state index in [0.717, 1.165) is 12.8 Å². The molecule has 2 aromatic rings. The van der Waals surface area contributed by atoms with Gasteiger partial charge in [-0.15, -0.1) is 0 Å². The monoisotopic (exact) mass is 337 g/mol. The number of benzene rings is 1. The minimum atomic E-state index is -0.361. The fraction of sp³-hybridized carbons (Fsp3) is 0.529. The third-order valence-electron chi connectivity index (χ3n) is 4.65. The Morgan fingerprint density at radius 2 is 2.04 bits per heavy atom. The van der Waals surface area contributed by atoms with Crippen LogP contribution in [0.15, 0.2) is 23.0 Å². The van der Waals surface area contributed by atoms with Crippen molar-refractivity contribution >= 4 is 11.6 Å². The number of aryl methyl sites for hydroxylation is 1. The topological polar surface area (TPSA) is 39.8 Å². The Hall–Kier alpha value is -1.62. The highest BCUT2D eigenvalue weighted by molar-refractivity contribution is 6.31. The molecule has 0 spiro atoms. The summed E-state index contributed by atoms with van der Waals surface area (Å²) in [6, 6.07) is 4.62. The lowest BCUT2D eigenvalue weighted by Gasteiger charge is -2.22. The van der Waals surface area contributed by atoms with E-state index in [-0.39, 0.29) is 17.9 Å². The van der Waals surface area contributed by atoms with E-state index in [4.69, 9.17) is 11.6 Å². The molecule has 4 nitrogen and oxygen atoms in total. The molecule has 1 fully saturated rings. The third kappa shape index (κ3) is 3.50. The predicted octanol–water partition coefficient (Wildman–Crippen LogP) is 3.55. The second-order valence-electron chi connectivity index (χ2n) is 6.31. The van der Waals surface area contributed by atoms with E-state index in [2.05, 4.69) is 5.10 Å². The fourth-order valence-electron chi connectivity index (χ4n) is 3.36. The molecule has 0 saturated heterocycles. The minimum absolute atomic E-state index is 0.141. The van der Waals surface area contributed by atoms with Crippen LogP contribution in [0.25, 0.3) is 0 Å². The second-order valence-corrected chi connectivity index (χ2v) is 6.72. The Morgan fingerprint density at radius 3 is 2.74 bits per heavy atom. The zero-order chi connectivity index (χ0) is 16.4. The Kier molecular flexibility index (Phi) is 4.85. The van der Waals surface area contributed by atoms with Gasteiger partial charge in [0.05, 0.1) is 0 Å². The molecule has 1 aromatic heterocycles. The summed E-state index contributed by atoms with van der Waals surface area (Å²) in [6.45, 7) is 0.661. The fourth-order valence-corrected chi connectivity index (χ4v) is 3.59. The molecule has 0 atom stereocenters. The van der Waals surface area contributed by atoms with Gasteiger partial charge in [-0.1, -0.05) is 36.9 Å². The molecule has 0 bridgehead atoms. The molecule has 6 heteroatoms. The van der Waals surface area contributed by atoms with Crippen LogP contribution in [-0.4, -0.2) is 14.3 Å². The standard InChI is InChI=1S/C17H21ClFN3O/c1-21-17(23)22(11-12-6-3-2-4-7-12)16(20-21)10-13-14(18)8-5-9-15(13)19/h5,8-9,12H,2-4,6-7,10-11H2,1H3. The van der Waals surface area contributed by atoms with Crippen LogP contribution in [-0.2, 0) is 20.0 Å². The van der Waals surface area contributed by atoms with Gasteiger partial charge < -0.3 is 0 Å². The smallest absolute Gasteiger partial charge is 0.278 e. The molecule has 1 aromatic carbocycles. The maximum absolute atomic E-state index is 14.0. The minimum Gasteiger partial charge on any atom is -0.278 e. The van der Waals surface area contributed by atoms with Crippen LogP contribution < -0.4 is 5.69 Å². The first-order valence-electron chi connectivity index (χ1n) is 8.12. The molecule has 1 aliphatic rings. The van der Waals surface area contributed by atoms with Crippen molar-refractivity contribution in [3.05, 3.63) is 50.9 Å². The maximum atomic E-state index is 14.0. The van der Waals surface area contributed by atoms with Crippen LogP contribution in [0.1, 0.15) is 43.5 Å². The number of hydrogen-bond donors (Lipinski definition) is 0. The highest BCUT2D eigenvalue weighted by Crippen LogP contribution is 2.26. The Labute approximate surface area is 139 Å². The van der Waals surface area contributed by atoms with Gasteiger partial charge in [0.15, 0.2) is 0 Å². The molecule has 0 unspecified atom stereocenters. The summed E-state index contributed by atoms with van der Waals surface area (Å²) in [5.41, 5.74) is 0.252. The molecular weight excluding hydrogens is 317 g/mol. The van der Waals surface area contributed by atoms with E-state index >= 15 is 0 Å². The normalized spacial score (nSPS) is 16.0. The molecule has 23 heavy (non-hydrogen) atoms. The van der Waals surface area contributed by atoms with Gasteiger partial charge in [0, 0.05) is 30.6 Å². The quantitative estimate of drug-likeness (QED) is 0.856. The van der Waals surface area contributed by atoms with E-state index in [0.29, 0.717) is 28.9 Å². The number of rotatable bonds is 4. The molecule has 1 saturated carbocycles. The summed E-state index contributed by atoms with van der Waals surface area (Å²) in [5.74, 6) is 0.718. The van der Waals surface area contributed by atoms with Crippen molar-refractivity contribution in [2.24, 2.45) is 13.0 Å². The number of halogens is 2. The van der Waals surface area contributed by atoms with Crippen molar-refractivity contribution in [3.63, 3.8) is 0 Å². The van der Waals surface area contributed by atoms with Gasteiger partial charge in [0.1, 0.15) is 11.6 Å². The van der Waals surface area contributed by atoms with Gasteiger partial charge in [0.25, 0.3) is 0 Å². The number of hydrogen-bond acceptors (Lipinski definition) is 2. The van der Waals surface area contributed by atoms with Crippen molar-refractivity contribution in [2.75, 3.05) is 0 Å². The van der Waals surface area contributed by atoms with Crippen LogP contribution in [0.4, 0.5) is 4.39 Å². The average Bonchev–Trinajstić information content (AvgIpc) is 2.80. The van der Waals surface area contributed by atoms with Crippen molar-refractivity contribution in [1.29, 1.82) is 0 Å². The number of nitrogens with zero attached hydrogens (tertiary/aromatic N) is 3. The summed E-state index contributed by atoms with van der Waals surface area (Å²) in [6.07, 6.45) is 6.22. The molecular formula is C17H21ClFN3O. The largest absolute Gasteiger partial charge is 0.345 e. The van der Waals surface area contributed by atoms with Gasteiger partial charge in [-0.05, 0) is 30.9 Å².